The highest BCUT2D eigenvalue weighted by molar-refractivity contribution is 7.25. The van der Waals surface area contributed by atoms with Crippen molar-refractivity contribution in [1.82, 2.24) is 0 Å². The van der Waals surface area contributed by atoms with E-state index in [9.17, 15) is 0 Å². The molecule has 0 bridgehead atoms. The van der Waals surface area contributed by atoms with Gasteiger partial charge in [0, 0.05) is 20.2 Å². The van der Waals surface area contributed by atoms with Crippen molar-refractivity contribution in [2.24, 2.45) is 5.41 Å². The summed E-state index contributed by atoms with van der Waals surface area (Å²) in [5, 5.41) is 2.92. The van der Waals surface area contributed by atoms with E-state index in [-0.39, 0.29) is 0 Å². The van der Waals surface area contributed by atoms with Gasteiger partial charge in [-0.2, -0.15) is 0 Å². The second kappa shape index (κ2) is 5.46. The predicted molar refractivity (Wildman–Crippen MR) is 96.4 cm³/mol. The van der Waals surface area contributed by atoms with Gasteiger partial charge in [-0.3, -0.25) is 0 Å². The molecule has 0 fully saturated rings. The fourth-order valence-corrected chi connectivity index (χ4v) is 4.67. The molecule has 0 aliphatic heterocycles. The Bertz CT molecular complexity index is 764. The first-order valence-corrected chi connectivity index (χ1v) is 8.80. The van der Waals surface area contributed by atoms with Crippen molar-refractivity contribution in [3.63, 3.8) is 0 Å². The molecule has 2 aromatic carbocycles. The van der Waals surface area contributed by atoms with Crippen molar-refractivity contribution in [2.75, 3.05) is 0 Å². The van der Waals surface area contributed by atoms with Gasteiger partial charge in [-0.15, -0.1) is 11.3 Å². The maximum atomic E-state index is 2.41. The van der Waals surface area contributed by atoms with E-state index in [4.69, 9.17) is 0 Å². The standard InChI is InChI=1S/C20H24S/c1-5-16(20(3,4)6-2)14-11-9-13-18-19(14)15-10-7-8-12-17(15)21-18/h7-13,16H,5-6H2,1-4H3. The molecule has 0 nitrogen and oxygen atoms in total. The van der Waals surface area contributed by atoms with Crippen LogP contribution >= 0.6 is 11.3 Å². The van der Waals surface area contributed by atoms with E-state index in [2.05, 4.69) is 70.2 Å². The van der Waals surface area contributed by atoms with Gasteiger partial charge in [0.2, 0.25) is 0 Å². The van der Waals surface area contributed by atoms with Crippen LogP contribution in [0.25, 0.3) is 20.2 Å². The molecule has 1 heteroatoms. The molecule has 1 aromatic heterocycles. The zero-order valence-corrected chi connectivity index (χ0v) is 14.3. The first-order valence-electron chi connectivity index (χ1n) is 7.98. The van der Waals surface area contributed by atoms with E-state index in [1.807, 2.05) is 11.3 Å². The third-order valence-corrected chi connectivity index (χ3v) is 6.21. The lowest BCUT2D eigenvalue weighted by Crippen LogP contribution is -2.21. The van der Waals surface area contributed by atoms with Crippen LogP contribution in [-0.4, -0.2) is 0 Å². The van der Waals surface area contributed by atoms with E-state index >= 15 is 0 Å². The Hall–Kier alpha value is -1.34. The molecule has 0 aliphatic rings. The molecular weight excluding hydrogens is 272 g/mol. The number of fused-ring (bicyclic) bond motifs is 3. The van der Waals surface area contributed by atoms with Crippen molar-refractivity contribution in [3.05, 3.63) is 48.0 Å². The first kappa shape index (κ1) is 14.6. The largest absolute Gasteiger partial charge is 0.135 e. The zero-order valence-electron chi connectivity index (χ0n) is 13.4. The lowest BCUT2D eigenvalue weighted by Gasteiger charge is -2.34. The number of hydrogen-bond donors (Lipinski definition) is 0. The lowest BCUT2D eigenvalue weighted by atomic mass is 9.71. The molecule has 1 atom stereocenters. The van der Waals surface area contributed by atoms with Crippen LogP contribution in [0.4, 0.5) is 0 Å². The van der Waals surface area contributed by atoms with Gasteiger partial charge >= 0.3 is 0 Å². The number of benzene rings is 2. The quantitative estimate of drug-likeness (QED) is 0.487. The third-order valence-electron chi connectivity index (χ3n) is 5.07. The third kappa shape index (κ3) is 2.38. The monoisotopic (exact) mass is 296 g/mol. The van der Waals surface area contributed by atoms with Crippen LogP contribution in [0, 0.1) is 5.41 Å². The summed E-state index contributed by atoms with van der Waals surface area (Å²) in [6.07, 6.45) is 2.41. The van der Waals surface area contributed by atoms with Crippen LogP contribution in [-0.2, 0) is 0 Å². The Kier molecular flexibility index (Phi) is 3.79. The maximum Gasteiger partial charge on any atom is 0.0358 e. The van der Waals surface area contributed by atoms with Crippen molar-refractivity contribution in [1.29, 1.82) is 0 Å². The van der Waals surface area contributed by atoms with E-state index in [1.165, 1.54) is 33.0 Å². The number of rotatable bonds is 4. The fourth-order valence-electron chi connectivity index (χ4n) is 3.53. The molecule has 1 unspecified atom stereocenters. The molecule has 0 N–H and O–H groups in total. The molecule has 0 aliphatic carbocycles. The summed E-state index contributed by atoms with van der Waals surface area (Å²) < 4.78 is 2.84. The molecule has 0 radical (unpaired) electrons. The van der Waals surface area contributed by atoms with Crippen LogP contribution < -0.4 is 0 Å². The van der Waals surface area contributed by atoms with E-state index in [1.54, 1.807) is 5.56 Å². The topological polar surface area (TPSA) is 0 Å². The second-order valence-electron chi connectivity index (χ2n) is 6.62. The minimum Gasteiger partial charge on any atom is -0.135 e. The summed E-state index contributed by atoms with van der Waals surface area (Å²) in [5.41, 5.74) is 1.88. The summed E-state index contributed by atoms with van der Waals surface area (Å²) in [5.74, 6) is 0.615. The summed E-state index contributed by atoms with van der Waals surface area (Å²) in [6, 6.07) is 15.7. The average molecular weight is 296 g/mol. The molecule has 3 rings (SSSR count). The summed E-state index contributed by atoms with van der Waals surface area (Å²) in [6.45, 7) is 9.47. The highest BCUT2D eigenvalue weighted by Crippen LogP contribution is 2.46. The van der Waals surface area contributed by atoms with Crippen LogP contribution in [0.1, 0.15) is 52.0 Å². The number of hydrogen-bond acceptors (Lipinski definition) is 1. The lowest BCUT2D eigenvalue weighted by molar-refractivity contribution is 0.268. The van der Waals surface area contributed by atoms with Gasteiger partial charge < -0.3 is 0 Å². The number of thiophene rings is 1. The second-order valence-corrected chi connectivity index (χ2v) is 7.71. The van der Waals surface area contributed by atoms with E-state index in [0.717, 1.165) is 0 Å². The molecule has 0 amide bonds. The Balaban J connectivity index is 2.31. The van der Waals surface area contributed by atoms with Crippen LogP contribution in [0.3, 0.4) is 0 Å². The Morgan fingerprint density at radius 2 is 1.67 bits per heavy atom. The average Bonchev–Trinajstić information content (AvgIpc) is 2.87. The predicted octanol–water partition coefficient (Wildman–Crippen LogP) is 6.98. The van der Waals surface area contributed by atoms with Gasteiger partial charge in [0.1, 0.15) is 0 Å². The SMILES string of the molecule is CCC(c1cccc2sc3ccccc3c12)C(C)(C)CC. The minimum atomic E-state index is 0.339. The van der Waals surface area contributed by atoms with Crippen molar-refractivity contribution in [2.45, 2.75) is 46.5 Å². The van der Waals surface area contributed by atoms with Crippen LogP contribution in [0.2, 0.25) is 0 Å². The van der Waals surface area contributed by atoms with E-state index in [0.29, 0.717) is 11.3 Å². The van der Waals surface area contributed by atoms with Crippen molar-refractivity contribution in [3.8, 4) is 0 Å². The smallest absolute Gasteiger partial charge is 0.0358 e. The molecule has 21 heavy (non-hydrogen) atoms. The first-order chi connectivity index (χ1) is 10.1. The van der Waals surface area contributed by atoms with Crippen LogP contribution in [0.15, 0.2) is 42.5 Å². The van der Waals surface area contributed by atoms with Gasteiger partial charge in [-0.1, -0.05) is 64.4 Å². The van der Waals surface area contributed by atoms with E-state index < -0.39 is 0 Å². The highest BCUT2D eigenvalue weighted by Gasteiger charge is 2.29. The van der Waals surface area contributed by atoms with Gasteiger partial charge in [0.05, 0.1) is 0 Å². The molecule has 0 saturated heterocycles. The molecular formula is C20H24S. The molecule has 110 valence electrons. The molecule has 1 heterocycles. The van der Waals surface area contributed by atoms with Gasteiger partial charge in [-0.05, 0) is 35.4 Å². The summed E-state index contributed by atoms with van der Waals surface area (Å²) in [4.78, 5) is 0. The van der Waals surface area contributed by atoms with Gasteiger partial charge in [0.25, 0.3) is 0 Å². The molecule has 0 saturated carbocycles. The minimum absolute atomic E-state index is 0.339. The normalized spacial score (nSPS) is 13.9. The maximum absolute atomic E-state index is 2.41. The van der Waals surface area contributed by atoms with Gasteiger partial charge in [0.15, 0.2) is 0 Å². The molecule has 0 spiro atoms. The Morgan fingerprint density at radius 3 is 2.38 bits per heavy atom. The zero-order chi connectivity index (χ0) is 15.0. The Morgan fingerprint density at radius 1 is 0.952 bits per heavy atom. The molecule has 3 aromatic rings. The van der Waals surface area contributed by atoms with Crippen molar-refractivity contribution < 1.29 is 0 Å². The fraction of sp³-hybridized carbons (Fsp3) is 0.400. The Labute approximate surface area is 131 Å². The summed E-state index contributed by atoms with van der Waals surface area (Å²) in [7, 11) is 0. The van der Waals surface area contributed by atoms with Crippen LogP contribution in [0.5, 0.6) is 0 Å². The van der Waals surface area contributed by atoms with Crippen molar-refractivity contribution >= 4 is 31.5 Å². The van der Waals surface area contributed by atoms with Gasteiger partial charge in [-0.25, -0.2) is 0 Å². The summed E-state index contributed by atoms with van der Waals surface area (Å²) >= 11 is 1.92. The highest BCUT2D eigenvalue weighted by atomic mass is 32.1.